The first kappa shape index (κ1) is 16.5. The van der Waals surface area contributed by atoms with E-state index in [1.807, 2.05) is 42.5 Å². The molecule has 0 fully saturated rings. The van der Waals surface area contributed by atoms with Crippen LogP contribution in [-0.2, 0) is 16.0 Å². The van der Waals surface area contributed by atoms with Crippen molar-refractivity contribution in [1.82, 2.24) is 0 Å². The Balaban J connectivity index is 1.61. The average Bonchev–Trinajstić information content (AvgIpc) is 2.97. The summed E-state index contributed by atoms with van der Waals surface area (Å²) >= 11 is 3.44. The van der Waals surface area contributed by atoms with Crippen LogP contribution in [0.15, 0.2) is 46.9 Å². The van der Waals surface area contributed by atoms with Gasteiger partial charge >= 0.3 is 0 Å². The molecule has 0 atom stereocenters. The highest BCUT2D eigenvalue weighted by Crippen LogP contribution is 2.30. The molecule has 124 valence electrons. The first-order chi connectivity index (χ1) is 11.5. The molecular formula is C18H18BrN3O2. The first-order valence-corrected chi connectivity index (χ1v) is 8.53. The molecular weight excluding hydrogens is 370 g/mol. The van der Waals surface area contributed by atoms with Gasteiger partial charge in [-0.2, -0.15) is 0 Å². The molecule has 3 rings (SSSR count). The molecule has 1 aliphatic rings. The number of amides is 2. The van der Waals surface area contributed by atoms with Crippen LogP contribution in [0.5, 0.6) is 0 Å². The van der Waals surface area contributed by atoms with Crippen molar-refractivity contribution in [1.29, 1.82) is 0 Å². The van der Waals surface area contributed by atoms with Gasteiger partial charge in [0.05, 0.1) is 6.54 Å². The Kier molecular flexibility index (Phi) is 4.85. The van der Waals surface area contributed by atoms with Gasteiger partial charge in [-0.25, -0.2) is 0 Å². The maximum absolute atomic E-state index is 12.1. The lowest BCUT2D eigenvalue weighted by atomic mass is 10.1. The first-order valence-electron chi connectivity index (χ1n) is 7.74. The van der Waals surface area contributed by atoms with Crippen LogP contribution in [0.3, 0.4) is 0 Å². The van der Waals surface area contributed by atoms with E-state index in [0.717, 1.165) is 33.5 Å². The number of hydrogen-bond donors (Lipinski definition) is 2. The second-order valence-corrected chi connectivity index (χ2v) is 6.50. The summed E-state index contributed by atoms with van der Waals surface area (Å²) < 4.78 is 0.916. The summed E-state index contributed by atoms with van der Waals surface area (Å²) in [7, 11) is 0. The standard InChI is InChI=1S/C18H18BrN3O2/c1-12(23)22-9-8-13-10-14(6-7-17(13)22)21-18(24)11-20-16-5-3-2-4-15(16)19/h2-7,10,20H,8-9,11H2,1H3,(H,21,24). The largest absolute Gasteiger partial charge is 0.375 e. The number of rotatable bonds is 4. The molecule has 2 N–H and O–H groups in total. The van der Waals surface area contributed by atoms with Crippen molar-refractivity contribution in [3.63, 3.8) is 0 Å². The van der Waals surface area contributed by atoms with Crippen molar-refractivity contribution < 1.29 is 9.59 Å². The van der Waals surface area contributed by atoms with Gasteiger partial charge < -0.3 is 15.5 Å². The molecule has 0 saturated heterocycles. The Morgan fingerprint density at radius 1 is 1.21 bits per heavy atom. The van der Waals surface area contributed by atoms with E-state index in [2.05, 4.69) is 26.6 Å². The molecule has 0 aliphatic carbocycles. The molecule has 2 amide bonds. The number of carbonyl (C=O) groups excluding carboxylic acids is 2. The minimum absolute atomic E-state index is 0.0446. The quantitative estimate of drug-likeness (QED) is 0.844. The molecule has 0 aromatic heterocycles. The monoisotopic (exact) mass is 387 g/mol. The number of benzene rings is 2. The van der Waals surface area contributed by atoms with E-state index in [9.17, 15) is 9.59 Å². The van der Waals surface area contributed by atoms with Crippen LogP contribution in [0.2, 0.25) is 0 Å². The SMILES string of the molecule is CC(=O)N1CCc2cc(NC(=O)CNc3ccccc3Br)ccc21. The third-order valence-electron chi connectivity index (χ3n) is 3.95. The highest BCUT2D eigenvalue weighted by molar-refractivity contribution is 9.10. The fourth-order valence-corrected chi connectivity index (χ4v) is 3.22. The molecule has 1 aliphatic heterocycles. The molecule has 6 heteroatoms. The van der Waals surface area contributed by atoms with Crippen molar-refractivity contribution in [2.75, 3.05) is 28.6 Å². The van der Waals surface area contributed by atoms with E-state index < -0.39 is 0 Å². The lowest BCUT2D eigenvalue weighted by molar-refractivity contribution is -0.116. The minimum Gasteiger partial charge on any atom is -0.375 e. The minimum atomic E-state index is -0.118. The molecule has 0 radical (unpaired) electrons. The molecule has 0 unspecified atom stereocenters. The van der Waals surface area contributed by atoms with Crippen LogP contribution in [0.4, 0.5) is 17.1 Å². The lowest BCUT2D eigenvalue weighted by Crippen LogP contribution is -2.25. The molecule has 2 aromatic carbocycles. The van der Waals surface area contributed by atoms with Crippen molar-refractivity contribution in [3.8, 4) is 0 Å². The van der Waals surface area contributed by atoms with Crippen LogP contribution in [-0.4, -0.2) is 24.9 Å². The van der Waals surface area contributed by atoms with Crippen molar-refractivity contribution in [3.05, 3.63) is 52.5 Å². The number of hydrogen-bond acceptors (Lipinski definition) is 3. The Hall–Kier alpha value is -2.34. The molecule has 1 heterocycles. The van der Waals surface area contributed by atoms with Gasteiger partial charge in [0.1, 0.15) is 0 Å². The number of anilines is 3. The van der Waals surface area contributed by atoms with Crippen LogP contribution in [0.25, 0.3) is 0 Å². The van der Waals surface area contributed by atoms with Gasteiger partial charge in [0.15, 0.2) is 0 Å². The summed E-state index contributed by atoms with van der Waals surface area (Å²) in [6.07, 6.45) is 0.813. The smallest absolute Gasteiger partial charge is 0.243 e. The molecule has 0 saturated carbocycles. The van der Waals surface area contributed by atoms with Crippen LogP contribution in [0.1, 0.15) is 12.5 Å². The normalized spacial score (nSPS) is 12.7. The van der Waals surface area contributed by atoms with E-state index >= 15 is 0 Å². The number of para-hydroxylation sites is 1. The van der Waals surface area contributed by atoms with Gasteiger partial charge in [-0.15, -0.1) is 0 Å². The zero-order valence-electron chi connectivity index (χ0n) is 13.3. The number of fused-ring (bicyclic) bond motifs is 1. The summed E-state index contributed by atoms with van der Waals surface area (Å²) in [6.45, 7) is 2.45. The summed E-state index contributed by atoms with van der Waals surface area (Å²) in [4.78, 5) is 25.4. The summed E-state index contributed by atoms with van der Waals surface area (Å²) in [5.74, 6) is -0.0738. The molecule has 0 spiro atoms. The second kappa shape index (κ2) is 7.05. The highest BCUT2D eigenvalue weighted by Gasteiger charge is 2.22. The van der Waals surface area contributed by atoms with Crippen LogP contribution >= 0.6 is 15.9 Å². The molecule has 5 nitrogen and oxygen atoms in total. The Morgan fingerprint density at radius 3 is 2.75 bits per heavy atom. The van der Waals surface area contributed by atoms with Gasteiger partial charge in [0.25, 0.3) is 0 Å². The maximum Gasteiger partial charge on any atom is 0.243 e. The third kappa shape index (κ3) is 3.59. The zero-order valence-corrected chi connectivity index (χ0v) is 14.9. The number of nitrogens with zero attached hydrogens (tertiary/aromatic N) is 1. The molecule has 0 bridgehead atoms. The van der Waals surface area contributed by atoms with E-state index in [1.54, 1.807) is 11.8 Å². The maximum atomic E-state index is 12.1. The topological polar surface area (TPSA) is 61.4 Å². The molecule has 2 aromatic rings. The van der Waals surface area contributed by atoms with Crippen molar-refractivity contribution in [2.45, 2.75) is 13.3 Å². The molecule has 24 heavy (non-hydrogen) atoms. The van der Waals surface area contributed by atoms with Gasteiger partial charge in [0, 0.05) is 35.0 Å². The zero-order chi connectivity index (χ0) is 17.1. The van der Waals surface area contributed by atoms with Crippen LogP contribution in [0, 0.1) is 0 Å². The average molecular weight is 388 g/mol. The number of carbonyl (C=O) groups is 2. The highest BCUT2D eigenvalue weighted by atomic mass is 79.9. The van der Waals surface area contributed by atoms with E-state index in [4.69, 9.17) is 0 Å². The summed E-state index contributed by atoms with van der Waals surface area (Å²) in [5, 5.41) is 5.98. The van der Waals surface area contributed by atoms with Crippen molar-refractivity contribution in [2.24, 2.45) is 0 Å². The van der Waals surface area contributed by atoms with E-state index in [0.29, 0.717) is 6.54 Å². The number of nitrogens with one attached hydrogen (secondary N) is 2. The van der Waals surface area contributed by atoms with E-state index in [1.165, 1.54) is 0 Å². The summed E-state index contributed by atoms with van der Waals surface area (Å²) in [6, 6.07) is 13.3. The van der Waals surface area contributed by atoms with Crippen LogP contribution < -0.4 is 15.5 Å². The summed E-state index contributed by atoms with van der Waals surface area (Å²) in [5.41, 5.74) is 3.64. The second-order valence-electron chi connectivity index (χ2n) is 5.65. The predicted octanol–water partition coefficient (Wildman–Crippen LogP) is 3.41. The lowest BCUT2D eigenvalue weighted by Gasteiger charge is -2.15. The Morgan fingerprint density at radius 2 is 2.00 bits per heavy atom. The van der Waals surface area contributed by atoms with E-state index in [-0.39, 0.29) is 18.4 Å². The Bertz CT molecular complexity index is 792. The van der Waals surface area contributed by atoms with Gasteiger partial charge in [-0.05, 0) is 58.2 Å². The fourth-order valence-electron chi connectivity index (χ4n) is 2.79. The third-order valence-corrected chi connectivity index (χ3v) is 4.64. The Labute approximate surface area is 149 Å². The van der Waals surface area contributed by atoms with Gasteiger partial charge in [-0.3, -0.25) is 9.59 Å². The number of halogens is 1. The fraction of sp³-hybridized carbons (Fsp3) is 0.222. The van der Waals surface area contributed by atoms with Gasteiger partial charge in [0.2, 0.25) is 11.8 Å². The van der Waals surface area contributed by atoms with Crippen molar-refractivity contribution >= 4 is 44.8 Å². The van der Waals surface area contributed by atoms with Gasteiger partial charge in [-0.1, -0.05) is 12.1 Å². The predicted molar refractivity (Wildman–Crippen MR) is 99.4 cm³/mol.